The highest BCUT2D eigenvalue weighted by Gasteiger charge is 2.20. The van der Waals surface area contributed by atoms with Crippen LogP contribution < -0.4 is 10.6 Å². The molecule has 2 amide bonds. The molecule has 1 fully saturated rings. The second-order valence-corrected chi connectivity index (χ2v) is 5.80. The molecule has 20 heavy (non-hydrogen) atoms. The fourth-order valence-electron chi connectivity index (χ4n) is 2.51. The van der Waals surface area contributed by atoms with Gasteiger partial charge < -0.3 is 15.7 Å². The van der Waals surface area contributed by atoms with Crippen LogP contribution in [-0.2, 0) is 9.59 Å². The summed E-state index contributed by atoms with van der Waals surface area (Å²) in [6.45, 7) is 3.13. The smallest absolute Gasteiger partial charge is 0.223 e. The van der Waals surface area contributed by atoms with Crippen molar-refractivity contribution >= 4 is 11.8 Å². The van der Waals surface area contributed by atoms with Crippen LogP contribution in [0.25, 0.3) is 0 Å². The zero-order valence-electron chi connectivity index (χ0n) is 12.5. The van der Waals surface area contributed by atoms with Gasteiger partial charge in [-0.1, -0.05) is 26.2 Å². The Morgan fingerprint density at radius 1 is 1.20 bits per heavy atom. The van der Waals surface area contributed by atoms with E-state index in [2.05, 4.69) is 10.6 Å². The zero-order valence-corrected chi connectivity index (χ0v) is 12.5. The highest BCUT2D eigenvalue weighted by atomic mass is 16.3. The van der Waals surface area contributed by atoms with Crippen LogP contribution in [0.2, 0.25) is 0 Å². The molecule has 3 N–H and O–H groups in total. The molecular formula is C15H28N2O3. The molecule has 1 rings (SSSR count). The van der Waals surface area contributed by atoms with Gasteiger partial charge in [-0.15, -0.1) is 0 Å². The SMILES string of the molecule is CC(CCO)CNC(=O)CCNC(=O)C1CCCCC1. The molecule has 0 aromatic heterocycles. The van der Waals surface area contributed by atoms with Gasteiger partial charge in [-0.3, -0.25) is 9.59 Å². The molecule has 0 spiro atoms. The van der Waals surface area contributed by atoms with Gasteiger partial charge in [0.15, 0.2) is 0 Å². The molecule has 1 aliphatic carbocycles. The van der Waals surface area contributed by atoms with E-state index in [4.69, 9.17) is 5.11 Å². The van der Waals surface area contributed by atoms with E-state index in [-0.39, 0.29) is 30.3 Å². The summed E-state index contributed by atoms with van der Waals surface area (Å²) < 4.78 is 0. The maximum absolute atomic E-state index is 11.9. The molecule has 0 aromatic carbocycles. The predicted molar refractivity (Wildman–Crippen MR) is 78.1 cm³/mol. The minimum Gasteiger partial charge on any atom is -0.396 e. The van der Waals surface area contributed by atoms with Crippen molar-refractivity contribution in [1.82, 2.24) is 10.6 Å². The van der Waals surface area contributed by atoms with Crippen molar-refractivity contribution < 1.29 is 14.7 Å². The molecule has 0 bridgehead atoms. The van der Waals surface area contributed by atoms with Crippen molar-refractivity contribution in [2.24, 2.45) is 11.8 Å². The minimum absolute atomic E-state index is 0.0428. The van der Waals surface area contributed by atoms with E-state index in [1.165, 1.54) is 6.42 Å². The van der Waals surface area contributed by atoms with Crippen molar-refractivity contribution in [1.29, 1.82) is 0 Å². The van der Waals surface area contributed by atoms with E-state index in [1.54, 1.807) is 0 Å². The van der Waals surface area contributed by atoms with Crippen LogP contribution in [0.1, 0.15) is 51.9 Å². The molecule has 0 heterocycles. The molecule has 0 aromatic rings. The van der Waals surface area contributed by atoms with Gasteiger partial charge in [0.25, 0.3) is 0 Å². The number of amides is 2. The molecule has 1 unspecified atom stereocenters. The number of carbonyl (C=O) groups excluding carboxylic acids is 2. The monoisotopic (exact) mass is 284 g/mol. The third-order valence-electron chi connectivity index (χ3n) is 3.90. The first-order chi connectivity index (χ1) is 9.63. The number of nitrogens with one attached hydrogen (secondary N) is 2. The third-order valence-corrected chi connectivity index (χ3v) is 3.90. The fraction of sp³-hybridized carbons (Fsp3) is 0.867. The number of hydrogen-bond acceptors (Lipinski definition) is 3. The summed E-state index contributed by atoms with van der Waals surface area (Å²) in [5, 5.41) is 14.4. The zero-order chi connectivity index (χ0) is 14.8. The maximum Gasteiger partial charge on any atom is 0.223 e. The average molecular weight is 284 g/mol. The van der Waals surface area contributed by atoms with Crippen molar-refractivity contribution in [3.05, 3.63) is 0 Å². The molecule has 1 aliphatic rings. The van der Waals surface area contributed by atoms with Gasteiger partial charge in [0.05, 0.1) is 0 Å². The summed E-state index contributed by atoms with van der Waals surface area (Å²) in [5.74, 6) is 0.488. The number of aliphatic hydroxyl groups is 1. The summed E-state index contributed by atoms with van der Waals surface area (Å²) in [6, 6.07) is 0. The first-order valence-electron chi connectivity index (χ1n) is 7.78. The van der Waals surface area contributed by atoms with E-state index in [0.717, 1.165) is 25.7 Å². The Hall–Kier alpha value is -1.10. The number of aliphatic hydroxyl groups excluding tert-OH is 1. The number of rotatable bonds is 8. The van der Waals surface area contributed by atoms with Gasteiger partial charge in [-0.05, 0) is 25.2 Å². The lowest BCUT2D eigenvalue weighted by molar-refractivity contribution is -0.126. The topological polar surface area (TPSA) is 78.4 Å². The van der Waals surface area contributed by atoms with Gasteiger partial charge >= 0.3 is 0 Å². The van der Waals surface area contributed by atoms with Crippen LogP contribution in [0, 0.1) is 11.8 Å². The first kappa shape index (κ1) is 17.0. The highest BCUT2D eigenvalue weighted by Crippen LogP contribution is 2.23. The molecular weight excluding hydrogens is 256 g/mol. The molecule has 0 saturated heterocycles. The van der Waals surface area contributed by atoms with Gasteiger partial charge in [-0.25, -0.2) is 0 Å². The summed E-state index contributed by atoms with van der Waals surface area (Å²) >= 11 is 0. The Morgan fingerprint density at radius 3 is 2.55 bits per heavy atom. The third kappa shape index (κ3) is 6.89. The molecule has 5 nitrogen and oxygen atoms in total. The summed E-state index contributed by atoms with van der Waals surface area (Å²) in [5.41, 5.74) is 0. The van der Waals surface area contributed by atoms with Crippen molar-refractivity contribution in [2.45, 2.75) is 51.9 Å². The lowest BCUT2D eigenvalue weighted by atomic mass is 9.89. The Kier molecular flexibility index (Phi) is 8.26. The highest BCUT2D eigenvalue weighted by molar-refractivity contribution is 5.80. The van der Waals surface area contributed by atoms with E-state index in [0.29, 0.717) is 25.9 Å². The Bertz CT molecular complexity index is 301. The number of carbonyl (C=O) groups is 2. The summed E-state index contributed by atoms with van der Waals surface area (Å²) in [7, 11) is 0. The molecule has 0 radical (unpaired) electrons. The maximum atomic E-state index is 11.9. The van der Waals surface area contributed by atoms with Crippen LogP contribution in [0.15, 0.2) is 0 Å². The number of hydrogen-bond donors (Lipinski definition) is 3. The van der Waals surface area contributed by atoms with E-state index in [9.17, 15) is 9.59 Å². The molecule has 116 valence electrons. The van der Waals surface area contributed by atoms with E-state index < -0.39 is 0 Å². The average Bonchev–Trinajstić information content (AvgIpc) is 2.46. The van der Waals surface area contributed by atoms with Crippen LogP contribution in [0.5, 0.6) is 0 Å². The van der Waals surface area contributed by atoms with E-state index in [1.807, 2.05) is 6.92 Å². The summed E-state index contributed by atoms with van der Waals surface area (Å²) in [4.78, 5) is 23.4. The summed E-state index contributed by atoms with van der Waals surface area (Å²) in [6.07, 6.45) is 6.50. The van der Waals surface area contributed by atoms with Crippen LogP contribution in [0.4, 0.5) is 0 Å². The van der Waals surface area contributed by atoms with Gasteiger partial charge in [-0.2, -0.15) is 0 Å². The first-order valence-corrected chi connectivity index (χ1v) is 7.78. The second kappa shape index (κ2) is 9.75. The molecule has 5 heteroatoms. The van der Waals surface area contributed by atoms with Crippen molar-refractivity contribution in [3.8, 4) is 0 Å². The van der Waals surface area contributed by atoms with Gasteiger partial charge in [0, 0.05) is 32.0 Å². The largest absolute Gasteiger partial charge is 0.396 e. The lowest BCUT2D eigenvalue weighted by Crippen LogP contribution is -2.36. The Morgan fingerprint density at radius 2 is 1.90 bits per heavy atom. The van der Waals surface area contributed by atoms with Crippen LogP contribution in [-0.4, -0.2) is 36.6 Å². The Balaban J connectivity index is 2.07. The van der Waals surface area contributed by atoms with Gasteiger partial charge in [0.1, 0.15) is 0 Å². The lowest BCUT2D eigenvalue weighted by Gasteiger charge is -2.20. The molecule has 0 aliphatic heterocycles. The second-order valence-electron chi connectivity index (χ2n) is 5.80. The predicted octanol–water partition coefficient (Wildman–Crippen LogP) is 1.21. The standard InChI is InChI=1S/C15H28N2O3/c1-12(8-10-18)11-17-14(19)7-9-16-15(20)13-5-3-2-4-6-13/h12-13,18H,2-11H2,1H3,(H,16,20)(H,17,19). The van der Waals surface area contributed by atoms with Crippen LogP contribution >= 0.6 is 0 Å². The molecule has 1 atom stereocenters. The van der Waals surface area contributed by atoms with Gasteiger partial charge in [0.2, 0.25) is 11.8 Å². The van der Waals surface area contributed by atoms with Crippen molar-refractivity contribution in [3.63, 3.8) is 0 Å². The fourth-order valence-corrected chi connectivity index (χ4v) is 2.51. The normalized spacial score (nSPS) is 17.5. The van der Waals surface area contributed by atoms with E-state index >= 15 is 0 Å². The van der Waals surface area contributed by atoms with Crippen LogP contribution in [0.3, 0.4) is 0 Å². The quantitative estimate of drug-likeness (QED) is 0.627. The molecule has 1 saturated carbocycles. The Labute approximate surface area is 121 Å². The van der Waals surface area contributed by atoms with Crippen molar-refractivity contribution in [2.75, 3.05) is 19.7 Å². The minimum atomic E-state index is -0.0428.